The quantitative estimate of drug-likeness (QED) is 0.517. The van der Waals surface area contributed by atoms with E-state index in [4.69, 9.17) is 15.5 Å². The van der Waals surface area contributed by atoms with Crippen molar-refractivity contribution in [2.24, 2.45) is 16.6 Å². The summed E-state index contributed by atoms with van der Waals surface area (Å²) in [6.07, 6.45) is 2.58. The van der Waals surface area contributed by atoms with Crippen molar-refractivity contribution in [3.63, 3.8) is 0 Å². The highest BCUT2D eigenvalue weighted by Crippen LogP contribution is 2.20. The largest absolute Gasteiger partial charge is 0.372 e. The molecule has 1 aromatic rings. The Morgan fingerprint density at radius 1 is 1.12 bits per heavy atom. The normalized spacial score (nSPS) is 24.3. The summed E-state index contributed by atoms with van der Waals surface area (Å²) >= 11 is 0. The van der Waals surface area contributed by atoms with E-state index in [-0.39, 0.29) is 29.9 Å². The molecule has 2 fully saturated rings. The summed E-state index contributed by atoms with van der Waals surface area (Å²) < 4.78 is 5.73. The molecule has 1 aromatic carbocycles. The molecule has 0 aromatic heterocycles. The van der Waals surface area contributed by atoms with Crippen LogP contribution in [0.4, 0.5) is 0 Å². The van der Waals surface area contributed by atoms with Gasteiger partial charge in [0.05, 0.1) is 18.8 Å². The third-order valence-electron chi connectivity index (χ3n) is 5.96. The topological polar surface area (TPSA) is 100 Å². The molecule has 3 N–H and O–H groups in total. The lowest BCUT2D eigenvalue weighted by Gasteiger charge is -2.35. The Labute approximate surface area is 191 Å². The molecule has 2 aliphatic rings. The number of primary amides is 1. The molecule has 176 valence electrons. The number of amides is 2. The van der Waals surface area contributed by atoms with Crippen LogP contribution in [0.25, 0.3) is 0 Å². The second kappa shape index (κ2) is 11.3. The summed E-state index contributed by atoms with van der Waals surface area (Å²) in [5, 5.41) is 3.36. The summed E-state index contributed by atoms with van der Waals surface area (Å²) in [4.78, 5) is 33.1. The van der Waals surface area contributed by atoms with Crippen LogP contribution in [0.1, 0.15) is 56.0 Å². The van der Waals surface area contributed by atoms with Crippen LogP contribution in [0.15, 0.2) is 29.3 Å². The Bertz CT molecular complexity index is 800. The van der Waals surface area contributed by atoms with Gasteiger partial charge in [0.25, 0.3) is 5.91 Å². The average molecular weight is 444 g/mol. The molecule has 3 unspecified atom stereocenters. The summed E-state index contributed by atoms with van der Waals surface area (Å²) in [6, 6.07) is 7.71. The summed E-state index contributed by atoms with van der Waals surface area (Å²) in [6.45, 7) is 10.3. The van der Waals surface area contributed by atoms with Crippen LogP contribution >= 0.6 is 0 Å². The van der Waals surface area contributed by atoms with Gasteiger partial charge in [0.1, 0.15) is 0 Å². The summed E-state index contributed by atoms with van der Waals surface area (Å²) in [5.41, 5.74) is 7.13. The third-order valence-corrected chi connectivity index (χ3v) is 5.96. The zero-order valence-electron chi connectivity index (χ0n) is 19.5. The maximum absolute atomic E-state index is 12.9. The van der Waals surface area contributed by atoms with Gasteiger partial charge in [0, 0.05) is 44.7 Å². The molecule has 3 atom stereocenters. The van der Waals surface area contributed by atoms with Gasteiger partial charge >= 0.3 is 0 Å². The molecule has 0 saturated carbocycles. The minimum Gasteiger partial charge on any atom is -0.372 e. The minimum atomic E-state index is -0.241. The monoisotopic (exact) mass is 443 g/mol. The number of nitrogens with one attached hydrogen (secondary N) is 1. The Balaban J connectivity index is 1.62. The number of hydrogen-bond donors (Lipinski definition) is 2. The van der Waals surface area contributed by atoms with Gasteiger partial charge in [-0.3, -0.25) is 9.59 Å². The van der Waals surface area contributed by atoms with Crippen LogP contribution in [0.3, 0.4) is 0 Å². The highest BCUT2D eigenvalue weighted by molar-refractivity contribution is 5.94. The molecule has 0 aliphatic carbocycles. The minimum absolute atomic E-state index is 0.0456. The van der Waals surface area contributed by atoms with Crippen LogP contribution in [-0.2, 0) is 16.1 Å². The van der Waals surface area contributed by atoms with E-state index in [1.54, 1.807) is 0 Å². The predicted octanol–water partition coefficient (Wildman–Crippen LogP) is 1.99. The van der Waals surface area contributed by atoms with Crippen LogP contribution in [0.5, 0.6) is 0 Å². The molecule has 2 aliphatic heterocycles. The van der Waals surface area contributed by atoms with Crippen molar-refractivity contribution in [3.8, 4) is 0 Å². The lowest BCUT2D eigenvalue weighted by atomic mass is 9.95. The van der Waals surface area contributed by atoms with Gasteiger partial charge in [-0.15, -0.1) is 0 Å². The van der Waals surface area contributed by atoms with Crippen molar-refractivity contribution in [2.45, 2.75) is 58.8 Å². The van der Waals surface area contributed by atoms with Crippen LogP contribution in [0, 0.1) is 5.92 Å². The predicted molar refractivity (Wildman–Crippen MR) is 125 cm³/mol. The second-order valence-electron chi connectivity index (χ2n) is 8.96. The lowest BCUT2D eigenvalue weighted by Crippen LogP contribution is -2.48. The number of carbonyl (C=O) groups is 2. The van der Waals surface area contributed by atoms with Crippen molar-refractivity contribution in [1.29, 1.82) is 0 Å². The van der Waals surface area contributed by atoms with Crippen molar-refractivity contribution < 1.29 is 14.3 Å². The van der Waals surface area contributed by atoms with Crippen LogP contribution in [0.2, 0.25) is 0 Å². The van der Waals surface area contributed by atoms with E-state index in [1.165, 1.54) is 0 Å². The van der Waals surface area contributed by atoms with E-state index in [0.29, 0.717) is 31.6 Å². The number of nitrogens with zero attached hydrogens (tertiary/aromatic N) is 3. The number of guanidine groups is 1. The summed E-state index contributed by atoms with van der Waals surface area (Å²) in [7, 11) is 0. The third kappa shape index (κ3) is 6.69. The fraction of sp³-hybridized carbons (Fsp3) is 0.625. The number of ether oxygens (including phenoxy) is 1. The van der Waals surface area contributed by atoms with Gasteiger partial charge < -0.3 is 25.6 Å². The first-order chi connectivity index (χ1) is 15.4. The smallest absolute Gasteiger partial charge is 0.254 e. The average Bonchev–Trinajstić information content (AvgIpc) is 2.75. The van der Waals surface area contributed by atoms with E-state index in [1.807, 2.05) is 49.9 Å². The standard InChI is InChI=1S/C24H37N5O3/c1-4-26-24(28-11-5-6-20(16-28)12-22(25)30)27-13-19-7-9-21(10-8-19)23(31)29-14-17(2)32-18(3)15-29/h7-10,17-18,20H,4-6,11-16H2,1-3H3,(H2,25,30)(H,26,27). The van der Waals surface area contributed by atoms with Gasteiger partial charge in [0.2, 0.25) is 5.91 Å². The zero-order valence-corrected chi connectivity index (χ0v) is 19.5. The number of carbonyl (C=O) groups excluding carboxylic acids is 2. The number of nitrogens with two attached hydrogens (primary N) is 1. The Kier molecular flexibility index (Phi) is 8.50. The van der Waals surface area contributed by atoms with E-state index in [0.717, 1.165) is 44.0 Å². The second-order valence-corrected chi connectivity index (χ2v) is 8.96. The lowest BCUT2D eigenvalue weighted by molar-refractivity contribution is -0.119. The van der Waals surface area contributed by atoms with Gasteiger partial charge in [-0.1, -0.05) is 12.1 Å². The highest BCUT2D eigenvalue weighted by atomic mass is 16.5. The van der Waals surface area contributed by atoms with Gasteiger partial charge in [-0.25, -0.2) is 4.99 Å². The molecular weight excluding hydrogens is 406 g/mol. The number of likely N-dealkylation sites (tertiary alicyclic amines) is 1. The van der Waals surface area contributed by atoms with Crippen molar-refractivity contribution in [2.75, 3.05) is 32.7 Å². The molecular formula is C24H37N5O3. The SMILES string of the molecule is CCNC(=NCc1ccc(C(=O)N2CC(C)OC(C)C2)cc1)N1CCCC(CC(N)=O)C1. The van der Waals surface area contributed by atoms with E-state index in [9.17, 15) is 9.59 Å². The van der Waals surface area contributed by atoms with Crippen molar-refractivity contribution in [3.05, 3.63) is 35.4 Å². The Morgan fingerprint density at radius 3 is 2.44 bits per heavy atom. The molecule has 8 nitrogen and oxygen atoms in total. The first-order valence-corrected chi connectivity index (χ1v) is 11.7. The summed E-state index contributed by atoms with van der Waals surface area (Å²) in [5.74, 6) is 0.942. The zero-order chi connectivity index (χ0) is 23.1. The number of aliphatic imine (C=N–C) groups is 1. The fourth-order valence-electron chi connectivity index (χ4n) is 4.58. The number of rotatable bonds is 6. The van der Waals surface area contributed by atoms with Crippen LogP contribution in [-0.4, -0.2) is 72.5 Å². The van der Waals surface area contributed by atoms with Crippen molar-refractivity contribution >= 4 is 17.8 Å². The van der Waals surface area contributed by atoms with Crippen LogP contribution < -0.4 is 11.1 Å². The van der Waals surface area contributed by atoms with Crippen molar-refractivity contribution in [1.82, 2.24) is 15.1 Å². The van der Waals surface area contributed by atoms with E-state index in [2.05, 4.69) is 10.2 Å². The van der Waals surface area contributed by atoms with Gasteiger partial charge in [0.15, 0.2) is 5.96 Å². The first kappa shape index (κ1) is 24.0. The molecule has 3 rings (SSSR count). The Hall–Kier alpha value is -2.61. The molecule has 8 heteroatoms. The number of morpholine rings is 1. The first-order valence-electron chi connectivity index (χ1n) is 11.7. The molecule has 0 spiro atoms. The van der Waals surface area contributed by atoms with E-state index < -0.39 is 0 Å². The molecule has 32 heavy (non-hydrogen) atoms. The molecule has 2 amide bonds. The number of hydrogen-bond acceptors (Lipinski definition) is 4. The molecule has 0 bridgehead atoms. The fourth-order valence-corrected chi connectivity index (χ4v) is 4.58. The highest BCUT2D eigenvalue weighted by Gasteiger charge is 2.27. The van der Waals surface area contributed by atoms with Gasteiger partial charge in [-0.05, 0) is 57.2 Å². The number of benzene rings is 1. The van der Waals surface area contributed by atoms with Gasteiger partial charge in [-0.2, -0.15) is 0 Å². The number of piperidine rings is 1. The maximum atomic E-state index is 12.9. The molecule has 0 radical (unpaired) electrons. The maximum Gasteiger partial charge on any atom is 0.254 e. The molecule has 2 heterocycles. The Morgan fingerprint density at radius 2 is 1.81 bits per heavy atom. The van der Waals surface area contributed by atoms with E-state index >= 15 is 0 Å². The molecule has 2 saturated heterocycles.